The van der Waals surface area contributed by atoms with Crippen LogP contribution in [0.25, 0.3) is 72.3 Å². The Labute approximate surface area is 390 Å². The maximum atomic E-state index is 9.53. The van der Waals surface area contributed by atoms with Gasteiger partial charge in [0.25, 0.3) is 0 Å². The average Bonchev–Trinajstić information content (AvgIpc) is 3.90. The molecule has 0 amide bonds. The number of fused-ring (bicyclic) bond motifs is 4. The molecule has 0 N–H and O–H groups in total. The second kappa shape index (κ2) is 18.6. The van der Waals surface area contributed by atoms with Crippen LogP contribution < -0.4 is 10.5 Å². The van der Waals surface area contributed by atoms with Crippen LogP contribution in [0, 0.1) is 23.5 Å². The fraction of sp³-hybridized carbons (Fsp3) is 0.140. The van der Waals surface area contributed by atoms with Gasteiger partial charge in [0.05, 0.1) is 34.1 Å². The van der Waals surface area contributed by atoms with Gasteiger partial charge in [0, 0.05) is 42.7 Å². The standard InChI is InChI=1S/C44H34N3O.C13H14NSi.Ir/c1-27(2)37-24-33(32-20-18-31(19-21-32)30-11-6-5-7-12-30)25-38(28(3)4)42(37)47-40-16-9-8-15-39(40)46-44(47)36-14-10-13-35-34-22-17-29(26-45)23-41(34)48-43(35)36;1-15(2,12-8-4-3-5-9-12)13-10-6-7-11-14-13;/h5-13,15-25,27-28H,1-4H3;3-8,10-11H,1-2H3;/q2*-1;. The Morgan fingerprint density at radius 2 is 1.30 bits per heavy atom. The summed E-state index contributed by atoms with van der Waals surface area (Å²) in [5.41, 5.74) is 13.2. The molecule has 0 unspecified atom stereocenters. The summed E-state index contributed by atoms with van der Waals surface area (Å²) in [5, 5.41) is 14.0. The van der Waals surface area contributed by atoms with Crippen LogP contribution in [0.2, 0.25) is 13.1 Å². The summed E-state index contributed by atoms with van der Waals surface area (Å²) in [7, 11) is -1.62. The van der Waals surface area contributed by atoms with Gasteiger partial charge in [-0.2, -0.15) is 40.8 Å². The van der Waals surface area contributed by atoms with Crippen molar-refractivity contribution in [1.29, 1.82) is 5.26 Å². The van der Waals surface area contributed by atoms with Crippen LogP contribution in [0.4, 0.5) is 0 Å². The molecule has 0 bridgehead atoms. The van der Waals surface area contributed by atoms with E-state index in [1.54, 1.807) is 6.07 Å². The van der Waals surface area contributed by atoms with Crippen molar-refractivity contribution in [2.45, 2.75) is 52.6 Å². The maximum absolute atomic E-state index is 9.53. The minimum Gasteiger partial charge on any atom is -0.500 e. The van der Waals surface area contributed by atoms with Crippen LogP contribution in [0.5, 0.6) is 0 Å². The van der Waals surface area contributed by atoms with Gasteiger partial charge in [-0.25, -0.2) is 0 Å². The normalized spacial score (nSPS) is 11.4. The minimum atomic E-state index is -1.62. The summed E-state index contributed by atoms with van der Waals surface area (Å²) in [5.74, 6) is 1.26. The van der Waals surface area contributed by atoms with Crippen LogP contribution in [0.3, 0.4) is 0 Å². The van der Waals surface area contributed by atoms with Gasteiger partial charge in [0.15, 0.2) is 0 Å². The van der Waals surface area contributed by atoms with Crippen LogP contribution in [-0.2, 0) is 20.1 Å². The van der Waals surface area contributed by atoms with Crippen molar-refractivity contribution in [1.82, 2.24) is 14.5 Å². The Kier molecular flexibility index (Phi) is 12.8. The van der Waals surface area contributed by atoms with E-state index < -0.39 is 8.07 Å². The molecule has 0 spiro atoms. The molecule has 7 heteroatoms. The van der Waals surface area contributed by atoms with Gasteiger partial charge in [-0.05, 0) is 93.7 Å². The third-order valence-corrected chi connectivity index (χ3v) is 15.2. The summed E-state index contributed by atoms with van der Waals surface area (Å²) in [6, 6.07) is 65.4. The molecule has 317 valence electrons. The Morgan fingerprint density at radius 3 is 1.95 bits per heavy atom. The molecule has 0 saturated carbocycles. The Bertz CT molecular complexity index is 3190. The van der Waals surface area contributed by atoms with E-state index in [9.17, 15) is 5.26 Å². The van der Waals surface area contributed by atoms with E-state index in [1.165, 1.54) is 43.9 Å². The summed E-state index contributed by atoms with van der Waals surface area (Å²) in [6.45, 7) is 13.7. The van der Waals surface area contributed by atoms with E-state index in [-0.39, 0.29) is 31.9 Å². The predicted octanol–water partition coefficient (Wildman–Crippen LogP) is 13.5. The molecule has 0 aliphatic carbocycles. The molecular weight excluding hydrogens is 977 g/mol. The first kappa shape index (κ1) is 43.9. The van der Waals surface area contributed by atoms with Crippen LogP contribution >= 0.6 is 0 Å². The largest absolute Gasteiger partial charge is 0.500 e. The van der Waals surface area contributed by atoms with Gasteiger partial charge >= 0.3 is 0 Å². The van der Waals surface area contributed by atoms with E-state index in [2.05, 4.69) is 178 Å². The molecule has 1 radical (unpaired) electrons. The number of aromatic nitrogens is 3. The number of nitrogens with zero attached hydrogens (tertiary/aromatic N) is 4. The molecule has 0 atom stereocenters. The molecule has 5 nitrogen and oxygen atoms in total. The number of hydrogen-bond donors (Lipinski definition) is 0. The zero-order valence-corrected chi connectivity index (χ0v) is 40.2. The van der Waals surface area contributed by atoms with Crippen molar-refractivity contribution in [2.24, 2.45) is 0 Å². The predicted molar refractivity (Wildman–Crippen MR) is 263 cm³/mol. The minimum absolute atomic E-state index is 0. The number of benzene rings is 7. The number of para-hydroxylation sites is 2. The van der Waals surface area contributed by atoms with E-state index in [0.717, 1.165) is 38.9 Å². The molecule has 7 aromatic carbocycles. The van der Waals surface area contributed by atoms with Gasteiger partial charge < -0.3 is 8.98 Å². The first-order chi connectivity index (χ1) is 30.6. The molecule has 3 aromatic heterocycles. The monoisotopic (exact) mass is 1030 g/mol. The van der Waals surface area contributed by atoms with Crippen molar-refractivity contribution in [3.05, 3.63) is 199 Å². The molecule has 0 saturated heterocycles. The van der Waals surface area contributed by atoms with Crippen molar-refractivity contribution in [3.63, 3.8) is 0 Å². The Balaban J connectivity index is 0.000000297. The van der Waals surface area contributed by atoms with Gasteiger partial charge in [0.2, 0.25) is 0 Å². The molecule has 3 heterocycles. The molecule has 0 fully saturated rings. The van der Waals surface area contributed by atoms with E-state index in [4.69, 9.17) is 9.40 Å². The van der Waals surface area contributed by atoms with E-state index in [0.29, 0.717) is 16.7 Å². The van der Waals surface area contributed by atoms with E-state index in [1.807, 2.05) is 54.7 Å². The first-order valence-corrected chi connectivity index (χ1v) is 24.6. The van der Waals surface area contributed by atoms with E-state index >= 15 is 0 Å². The third-order valence-electron chi connectivity index (χ3n) is 12.0. The van der Waals surface area contributed by atoms with Gasteiger partial charge in [-0.15, -0.1) is 18.2 Å². The van der Waals surface area contributed by atoms with Gasteiger partial charge in [-0.1, -0.05) is 131 Å². The number of furan rings is 1. The van der Waals surface area contributed by atoms with Gasteiger partial charge in [0.1, 0.15) is 13.7 Å². The van der Waals surface area contributed by atoms with Gasteiger partial charge in [-0.3, -0.25) is 9.97 Å². The van der Waals surface area contributed by atoms with Crippen molar-refractivity contribution in [3.8, 4) is 45.4 Å². The zero-order chi connectivity index (χ0) is 43.7. The molecule has 10 rings (SSSR count). The number of nitriles is 1. The number of pyridine rings is 1. The average molecular weight is 1030 g/mol. The smallest absolute Gasteiger partial charge is 0.122 e. The Hall–Kier alpha value is -6.68. The second-order valence-electron chi connectivity index (χ2n) is 17.2. The quantitative estimate of drug-likeness (QED) is 0.112. The maximum Gasteiger partial charge on any atom is 0.122 e. The number of imidazole rings is 1. The molecule has 0 aliphatic heterocycles. The molecule has 64 heavy (non-hydrogen) atoms. The SMILES string of the molecule is CC(C)c1cc(-c2ccc(-c3ccccc3)cc2)cc(C(C)C)c1-n1c(-c2[c-]ccc3c2oc2cc(C#N)ccc23)nc2ccccc21.C[Si](C)(c1[c-]cccc1)c1ccccn1.[Ir]. The fourth-order valence-corrected chi connectivity index (χ4v) is 10.7. The summed E-state index contributed by atoms with van der Waals surface area (Å²) < 4.78 is 8.83. The summed E-state index contributed by atoms with van der Waals surface area (Å²) in [4.78, 5) is 9.72. The first-order valence-electron chi connectivity index (χ1n) is 21.6. The van der Waals surface area contributed by atoms with Crippen LogP contribution in [0.1, 0.15) is 56.2 Å². The molecular formula is C57H48IrN4OSi-2. The van der Waals surface area contributed by atoms with Crippen LogP contribution in [-0.4, -0.2) is 22.6 Å². The molecule has 10 aromatic rings. The zero-order valence-electron chi connectivity index (χ0n) is 36.9. The number of hydrogen-bond acceptors (Lipinski definition) is 4. The summed E-state index contributed by atoms with van der Waals surface area (Å²) >= 11 is 0. The van der Waals surface area contributed by atoms with Crippen molar-refractivity contribution < 1.29 is 24.5 Å². The topological polar surface area (TPSA) is 67.6 Å². The van der Waals surface area contributed by atoms with Crippen molar-refractivity contribution >= 4 is 51.5 Å². The Morgan fingerprint density at radius 1 is 0.641 bits per heavy atom. The van der Waals surface area contributed by atoms with Crippen molar-refractivity contribution in [2.75, 3.05) is 0 Å². The number of rotatable bonds is 8. The van der Waals surface area contributed by atoms with Crippen LogP contribution in [0.15, 0.2) is 174 Å². The second-order valence-corrected chi connectivity index (χ2v) is 21.5. The third kappa shape index (κ3) is 8.41. The summed E-state index contributed by atoms with van der Waals surface area (Å²) in [6.07, 6.45) is 1.87. The fourth-order valence-electron chi connectivity index (χ4n) is 8.52. The molecule has 0 aliphatic rings.